The van der Waals surface area contributed by atoms with Crippen LogP contribution in [0.2, 0.25) is 0 Å². The number of nitrogens with zero attached hydrogens (tertiary/aromatic N) is 4. The number of para-hydroxylation sites is 1. The number of fused-ring (bicyclic) bond motifs is 2. The molecule has 0 radical (unpaired) electrons. The Bertz CT molecular complexity index is 1130. The molecule has 0 aliphatic carbocycles. The normalized spacial score (nSPS) is 18.9. The van der Waals surface area contributed by atoms with Gasteiger partial charge in [0, 0.05) is 18.5 Å². The largest absolute Gasteiger partial charge is 0.444 e. The van der Waals surface area contributed by atoms with E-state index in [2.05, 4.69) is 17.4 Å². The van der Waals surface area contributed by atoms with Crippen molar-refractivity contribution < 1.29 is 14.3 Å². The maximum absolute atomic E-state index is 12.5. The summed E-state index contributed by atoms with van der Waals surface area (Å²) in [5.74, 6) is 0. The standard InChI is InChI=1S/C23H27N5O3/c1-23(2,3)31-22(29)27-12-10-15-8-9-17(25-18(15)14-27)20-16-6-4-5-7-19(16)28(26-20)21-24-11-13-30-21/h4-9,21,24H,10-14H2,1-3H3. The number of carbonyl (C=O) groups excluding carboxylic acids is 1. The summed E-state index contributed by atoms with van der Waals surface area (Å²) < 4.78 is 13.2. The Balaban J connectivity index is 1.49. The summed E-state index contributed by atoms with van der Waals surface area (Å²) in [5, 5.41) is 9.19. The van der Waals surface area contributed by atoms with Gasteiger partial charge in [-0.05, 0) is 44.9 Å². The van der Waals surface area contributed by atoms with Crippen molar-refractivity contribution >= 4 is 17.0 Å². The smallest absolute Gasteiger partial charge is 0.410 e. The van der Waals surface area contributed by atoms with Crippen molar-refractivity contribution in [1.29, 1.82) is 0 Å². The second kappa shape index (κ2) is 7.62. The van der Waals surface area contributed by atoms with E-state index in [-0.39, 0.29) is 12.4 Å². The number of benzene rings is 1. The predicted octanol–water partition coefficient (Wildman–Crippen LogP) is 3.47. The van der Waals surface area contributed by atoms with Gasteiger partial charge in [-0.2, -0.15) is 5.10 Å². The Morgan fingerprint density at radius 1 is 1.23 bits per heavy atom. The van der Waals surface area contributed by atoms with Crippen molar-refractivity contribution in [2.45, 2.75) is 45.7 Å². The van der Waals surface area contributed by atoms with E-state index in [1.807, 2.05) is 49.7 Å². The molecule has 5 rings (SSSR count). The molecule has 8 heteroatoms. The highest BCUT2D eigenvalue weighted by Gasteiger charge is 2.27. The number of hydrogen-bond acceptors (Lipinski definition) is 6. The van der Waals surface area contributed by atoms with Gasteiger partial charge < -0.3 is 14.4 Å². The van der Waals surface area contributed by atoms with Gasteiger partial charge >= 0.3 is 6.09 Å². The van der Waals surface area contributed by atoms with Gasteiger partial charge in [0.25, 0.3) is 0 Å². The van der Waals surface area contributed by atoms with E-state index >= 15 is 0 Å². The Hall–Kier alpha value is -2.97. The van der Waals surface area contributed by atoms with E-state index < -0.39 is 5.60 Å². The molecule has 4 heterocycles. The highest BCUT2D eigenvalue weighted by Crippen LogP contribution is 2.31. The van der Waals surface area contributed by atoms with Gasteiger partial charge in [0.1, 0.15) is 11.3 Å². The molecule has 3 aromatic rings. The van der Waals surface area contributed by atoms with Gasteiger partial charge in [-0.1, -0.05) is 24.3 Å². The molecule has 1 saturated heterocycles. The number of nitrogens with one attached hydrogen (secondary N) is 1. The zero-order valence-electron chi connectivity index (χ0n) is 18.1. The molecular weight excluding hydrogens is 394 g/mol. The fourth-order valence-electron chi connectivity index (χ4n) is 4.05. The van der Waals surface area contributed by atoms with Crippen LogP contribution in [0.1, 0.15) is 38.4 Å². The second-order valence-corrected chi connectivity index (χ2v) is 8.94. The van der Waals surface area contributed by atoms with E-state index in [9.17, 15) is 4.79 Å². The average Bonchev–Trinajstić information content (AvgIpc) is 3.39. The maximum Gasteiger partial charge on any atom is 0.410 e. The number of hydrogen-bond donors (Lipinski definition) is 1. The van der Waals surface area contributed by atoms with Crippen molar-refractivity contribution in [2.75, 3.05) is 19.7 Å². The summed E-state index contributed by atoms with van der Waals surface area (Å²) in [5.41, 5.74) is 4.13. The summed E-state index contributed by atoms with van der Waals surface area (Å²) in [6.45, 7) is 8.16. The molecule has 8 nitrogen and oxygen atoms in total. The van der Waals surface area contributed by atoms with Crippen molar-refractivity contribution in [1.82, 2.24) is 25.0 Å². The van der Waals surface area contributed by atoms with Crippen LogP contribution in [0, 0.1) is 0 Å². The van der Waals surface area contributed by atoms with Gasteiger partial charge in [0.05, 0.1) is 30.1 Å². The van der Waals surface area contributed by atoms with Crippen molar-refractivity contribution in [3.05, 3.63) is 47.7 Å². The molecule has 1 amide bonds. The minimum Gasteiger partial charge on any atom is -0.444 e. The van der Waals surface area contributed by atoms with Crippen LogP contribution in [0.25, 0.3) is 22.3 Å². The molecule has 0 saturated carbocycles. The number of pyridine rings is 1. The van der Waals surface area contributed by atoms with Crippen LogP contribution >= 0.6 is 0 Å². The topological polar surface area (TPSA) is 81.5 Å². The van der Waals surface area contributed by atoms with E-state index in [4.69, 9.17) is 19.6 Å². The quantitative estimate of drug-likeness (QED) is 0.682. The molecule has 0 bridgehead atoms. The highest BCUT2D eigenvalue weighted by molar-refractivity contribution is 5.92. The van der Waals surface area contributed by atoms with Gasteiger partial charge in [0.2, 0.25) is 6.35 Å². The van der Waals surface area contributed by atoms with Crippen LogP contribution in [-0.2, 0) is 22.4 Å². The molecule has 1 unspecified atom stereocenters. The predicted molar refractivity (Wildman–Crippen MR) is 116 cm³/mol. The van der Waals surface area contributed by atoms with E-state index in [1.54, 1.807) is 4.90 Å². The molecule has 31 heavy (non-hydrogen) atoms. The Kier molecular flexibility index (Phi) is 4.91. The fraction of sp³-hybridized carbons (Fsp3) is 0.435. The van der Waals surface area contributed by atoms with Crippen LogP contribution in [0.15, 0.2) is 36.4 Å². The minimum atomic E-state index is -0.519. The lowest BCUT2D eigenvalue weighted by Crippen LogP contribution is -2.40. The first-order valence-electron chi connectivity index (χ1n) is 10.7. The molecule has 162 valence electrons. The van der Waals surface area contributed by atoms with Gasteiger partial charge in [-0.3, -0.25) is 5.32 Å². The molecule has 2 aliphatic heterocycles. The van der Waals surface area contributed by atoms with Crippen molar-refractivity contribution in [3.63, 3.8) is 0 Å². The fourth-order valence-corrected chi connectivity index (χ4v) is 4.05. The first kappa shape index (κ1) is 20.0. The summed E-state index contributed by atoms with van der Waals surface area (Å²) in [7, 11) is 0. The number of carbonyl (C=O) groups is 1. The molecule has 1 fully saturated rings. The van der Waals surface area contributed by atoms with Crippen LogP contribution in [0.3, 0.4) is 0 Å². The molecule has 0 spiro atoms. The third-order valence-corrected chi connectivity index (χ3v) is 5.49. The Morgan fingerprint density at radius 2 is 2.06 bits per heavy atom. The van der Waals surface area contributed by atoms with E-state index in [0.29, 0.717) is 19.7 Å². The zero-order valence-corrected chi connectivity index (χ0v) is 18.1. The number of aromatic nitrogens is 3. The van der Waals surface area contributed by atoms with Gasteiger partial charge in [-0.15, -0.1) is 0 Å². The Morgan fingerprint density at radius 3 is 2.84 bits per heavy atom. The van der Waals surface area contributed by atoms with Crippen LogP contribution in [0.5, 0.6) is 0 Å². The lowest BCUT2D eigenvalue weighted by molar-refractivity contribution is 0.0221. The van der Waals surface area contributed by atoms with Gasteiger partial charge in [-0.25, -0.2) is 14.5 Å². The second-order valence-electron chi connectivity index (χ2n) is 8.94. The SMILES string of the molecule is CC(C)(C)OC(=O)N1CCc2ccc(-c3nn(C4NCCO4)c4ccccc34)nc2C1. The third-order valence-electron chi connectivity index (χ3n) is 5.49. The van der Waals surface area contributed by atoms with Gasteiger partial charge in [0.15, 0.2) is 0 Å². The number of ether oxygens (including phenoxy) is 2. The number of rotatable bonds is 2. The van der Waals surface area contributed by atoms with Crippen LogP contribution < -0.4 is 5.32 Å². The molecule has 2 aliphatic rings. The molecule has 1 aromatic carbocycles. The van der Waals surface area contributed by atoms with Crippen molar-refractivity contribution in [2.24, 2.45) is 0 Å². The zero-order chi connectivity index (χ0) is 21.6. The first-order chi connectivity index (χ1) is 14.9. The molecular formula is C23H27N5O3. The summed E-state index contributed by atoms with van der Waals surface area (Å²) >= 11 is 0. The lowest BCUT2D eigenvalue weighted by Gasteiger charge is -2.30. The lowest BCUT2D eigenvalue weighted by atomic mass is 10.0. The molecule has 1 atom stereocenters. The summed E-state index contributed by atoms with van der Waals surface area (Å²) in [6.07, 6.45) is 0.181. The Labute approximate surface area is 181 Å². The maximum atomic E-state index is 12.5. The van der Waals surface area contributed by atoms with Crippen LogP contribution in [0.4, 0.5) is 4.79 Å². The summed E-state index contributed by atoms with van der Waals surface area (Å²) in [6, 6.07) is 12.2. The third kappa shape index (κ3) is 3.88. The van der Waals surface area contributed by atoms with E-state index in [0.717, 1.165) is 46.5 Å². The monoisotopic (exact) mass is 421 g/mol. The first-order valence-corrected chi connectivity index (χ1v) is 10.7. The molecule has 2 aromatic heterocycles. The van der Waals surface area contributed by atoms with E-state index in [1.165, 1.54) is 0 Å². The minimum absolute atomic E-state index is 0.279. The summed E-state index contributed by atoms with van der Waals surface area (Å²) in [4.78, 5) is 19.2. The highest BCUT2D eigenvalue weighted by atomic mass is 16.6. The van der Waals surface area contributed by atoms with Crippen LogP contribution in [-0.4, -0.2) is 51.1 Å². The number of amides is 1. The average molecular weight is 422 g/mol. The molecule has 1 N–H and O–H groups in total. The van der Waals surface area contributed by atoms with Crippen molar-refractivity contribution in [3.8, 4) is 11.4 Å².